The number of aromatic nitrogens is 3. The van der Waals surface area contributed by atoms with E-state index >= 15 is 0 Å². The largest absolute Gasteiger partial charge is 0.463 e. The van der Waals surface area contributed by atoms with Crippen molar-refractivity contribution in [2.24, 2.45) is 0 Å². The highest BCUT2D eigenvalue weighted by Gasteiger charge is 2.39. The lowest BCUT2D eigenvalue weighted by Gasteiger charge is -2.32. The lowest BCUT2D eigenvalue weighted by Crippen LogP contribution is -2.38. The number of carbonyl (C=O) groups excluding carboxylic acids is 2. The van der Waals surface area contributed by atoms with E-state index in [9.17, 15) is 9.59 Å². The summed E-state index contributed by atoms with van der Waals surface area (Å²) in [4.78, 5) is 27.5. The van der Waals surface area contributed by atoms with Gasteiger partial charge in [0.2, 0.25) is 5.91 Å². The minimum Gasteiger partial charge on any atom is -0.463 e. The molecule has 3 aromatic rings. The molecule has 4 rings (SSSR count). The van der Waals surface area contributed by atoms with E-state index in [0.29, 0.717) is 12.8 Å². The molecule has 1 aromatic heterocycles. The van der Waals surface area contributed by atoms with Gasteiger partial charge in [-0.3, -0.25) is 9.59 Å². The van der Waals surface area contributed by atoms with E-state index in [2.05, 4.69) is 10.2 Å². The quantitative estimate of drug-likeness (QED) is 0.651. The second-order valence-electron chi connectivity index (χ2n) is 6.56. The van der Waals surface area contributed by atoms with Crippen molar-refractivity contribution in [2.45, 2.75) is 32.0 Å². The van der Waals surface area contributed by atoms with Crippen LogP contribution < -0.4 is 0 Å². The molecule has 1 fully saturated rings. The van der Waals surface area contributed by atoms with Crippen molar-refractivity contribution < 1.29 is 14.3 Å². The monoisotopic (exact) mass is 364 g/mol. The number of hydrogen-bond acceptors (Lipinski definition) is 5. The molecule has 1 saturated heterocycles. The molecule has 2 atom stereocenters. The van der Waals surface area contributed by atoms with Gasteiger partial charge in [-0.1, -0.05) is 42.5 Å². The summed E-state index contributed by atoms with van der Waals surface area (Å²) in [7, 11) is 0. The van der Waals surface area contributed by atoms with Crippen LogP contribution in [0.3, 0.4) is 0 Å². The van der Waals surface area contributed by atoms with Crippen molar-refractivity contribution in [2.75, 3.05) is 6.61 Å². The summed E-state index contributed by atoms with van der Waals surface area (Å²) in [6, 6.07) is 16.8. The third kappa shape index (κ3) is 3.40. The van der Waals surface area contributed by atoms with Gasteiger partial charge < -0.3 is 9.64 Å². The zero-order valence-electron chi connectivity index (χ0n) is 15.0. The Morgan fingerprint density at radius 3 is 2.37 bits per heavy atom. The second-order valence-corrected chi connectivity index (χ2v) is 6.56. The summed E-state index contributed by atoms with van der Waals surface area (Å²) >= 11 is 0. The fourth-order valence-electron chi connectivity index (χ4n) is 3.51. The summed E-state index contributed by atoms with van der Waals surface area (Å²) < 4.78 is 5.28. The van der Waals surface area contributed by atoms with Gasteiger partial charge in [0.1, 0.15) is 23.8 Å². The summed E-state index contributed by atoms with van der Waals surface area (Å²) in [6.07, 6.45) is 0.709. The molecular weight excluding hydrogens is 344 g/mol. The Morgan fingerprint density at radius 2 is 1.74 bits per heavy atom. The van der Waals surface area contributed by atoms with E-state index in [1.807, 2.05) is 54.6 Å². The number of hydrogen-bond donors (Lipinski definition) is 0. The molecule has 0 spiro atoms. The van der Waals surface area contributed by atoms with Gasteiger partial charge in [-0.25, -0.2) is 0 Å². The van der Waals surface area contributed by atoms with Crippen LogP contribution in [0.1, 0.15) is 37.5 Å². The van der Waals surface area contributed by atoms with Crippen molar-refractivity contribution in [3.63, 3.8) is 0 Å². The molecule has 0 aliphatic carbocycles. The average molecular weight is 364 g/mol. The molecule has 7 heteroatoms. The van der Waals surface area contributed by atoms with Crippen molar-refractivity contribution in [1.82, 2.24) is 19.9 Å². The predicted molar refractivity (Wildman–Crippen MR) is 98.5 cm³/mol. The number of benzene rings is 2. The fraction of sp³-hybridized carbons (Fsp3) is 0.300. The molecule has 0 bridgehead atoms. The van der Waals surface area contributed by atoms with Crippen LogP contribution in [0.25, 0.3) is 11.0 Å². The van der Waals surface area contributed by atoms with Crippen LogP contribution in [-0.4, -0.2) is 38.4 Å². The van der Waals surface area contributed by atoms with Crippen LogP contribution in [0.2, 0.25) is 0 Å². The maximum absolute atomic E-state index is 12.7. The Labute approximate surface area is 156 Å². The molecule has 7 nitrogen and oxygen atoms in total. The van der Waals surface area contributed by atoms with Gasteiger partial charge in [0, 0.05) is 13.3 Å². The summed E-state index contributed by atoms with van der Waals surface area (Å²) in [6.45, 7) is 1.47. The third-order valence-corrected chi connectivity index (χ3v) is 4.76. The first-order valence-corrected chi connectivity index (χ1v) is 8.94. The minimum atomic E-state index is -0.385. The third-order valence-electron chi connectivity index (χ3n) is 4.76. The molecule has 0 saturated carbocycles. The number of fused-ring (bicyclic) bond motifs is 1. The topological polar surface area (TPSA) is 77.3 Å². The molecule has 2 aromatic carbocycles. The van der Waals surface area contributed by atoms with Crippen LogP contribution in [0.15, 0.2) is 54.6 Å². The van der Waals surface area contributed by atoms with E-state index in [0.717, 1.165) is 16.6 Å². The highest BCUT2D eigenvalue weighted by atomic mass is 16.5. The first kappa shape index (κ1) is 17.2. The van der Waals surface area contributed by atoms with Gasteiger partial charge >= 0.3 is 5.97 Å². The molecular formula is C20H20N4O3. The number of rotatable bonds is 5. The van der Waals surface area contributed by atoms with Crippen LogP contribution >= 0.6 is 0 Å². The van der Waals surface area contributed by atoms with E-state index in [1.54, 1.807) is 9.70 Å². The lowest BCUT2D eigenvalue weighted by molar-refractivity contribution is -0.147. The van der Waals surface area contributed by atoms with Gasteiger partial charge in [-0.2, -0.15) is 15.0 Å². The molecule has 0 N–H and O–H groups in total. The number of esters is 1. The highest BCUT2D eigenvalue weighted by Crippen LogP contribution is 2.36. The van der Waals surface area contributed by atoms with Crippen molar-refractivity contribution in [3.05, 3.63) is 60.2 Å². The first-order valence-electron chi connectivity index (χ1n) is 8.94. The van der Waals surface area contributed by atoms with E-state index < -0.39 is 0 Å². The van der Waals surface area contributed by atoms with Gasteiger partial charge in [0.15, 0.2) is 0 Å². The van der Waals surface area contributed by atoms with E-state index in [-0.39, 0.29) is 30.7 Å². The smallest absolute Gasteiger partial charge is 0.302 e. The minimum absolute atomic E-state index is 0.00219. The Hall–Kier alpha value is -3.22. The van der Waals surface area contributed by atoms with Gasteiger partial charge in [-0.05, 0) is 24.1 Å². The normalized spacial score (nSPS) is 18.0. The molecule has 1 amide bonds. The van der Waals surface area contributed by atoms with Crippen LogP contribution in [-0.2, 0) is 14.3 Å². The lowest BCUT2D eigenvalue weighted by atomic mass is 10.1. The van der Waals surface area contributed by atoms with Crippen LogP contribution in [0.5, 0.6) is 0 Å². The highest BCUT2D eigenvalue weighted by molar-refractivity contribution is 5.79. The molecule has 1 aliphatic rings. The number of nitrogens with zero attached hydrogens (tertiary/aromatic N) is 4. The predicted octanol–water partition coefficient (Wildman–Crippen LogP) is 2.86. The maximum Gasteiger partial charge on any atom is 0.302 e. The van der Waals surface area contributed by atoms with E-state index in [1.165, 1.54) is 6.92 Å². The summed E-state index contributed by atoms with van der Waals surface area (Å²) in [5.74, 6) is -0.371. The zero-order chi connectivity index (χ0) is 18.8. The number of amides is 1. The Morgan fingerprint density at radius 1 is 1.11 bits per heavy atom. The van der Waals surface area contributed by atoms with E-state index in [4.69, 9.17) is 4.74 Å². The summed E-state index contributed by atoms with van der Waals surface area (Å²) in [5.41, 5.74) is 2.48. The Balaban J connectivity index is 1.71. The first-order chi connectivity index (χ1) is 13.1. The Bertz CT molecular complexity index is 937. The van der Waals surface area contributed by atoms with Crippen molar-refractivity contribution in [1.29, 1.82) is 0 Å². The summed E-state index contributed by atoms with van der Waals surface area (Å²) in [5, 5.41) is 9.11. The van der Waals surface area contributed by atoms with Crippen molar-refractivity contribution >= 4 is 22.9 Å². The molecule has 1 aliphatic heterocycles. The molecule has 138 valence electrons. The van der Waals surface area contributed by atoms with Gasteiger partial charge in [-0.15, -0.1) is 0 Å². The zero-order valence-corrected chi connectivity index (χ0v) is 15.0. The van der Waals surface area contributed by atoms with Crippen molar-refractivity contribution in [3.8, 4) is 0 Å². The SMILES string of the molecule is CC(=O)OC[C@H](c1ccccc1)N1C(=O)CCC1n1nc2ccccc2n1. The second kappa shape index (κ2) is 7.19. The standard InChI is InChI=1S/C20H20N4O3/c1-14(25)27-13-18(15-7-3-2-4-8-15)23-19(11-12-20(23)26)24-21-16-9-5-6-10-17(16)22-24/h2-10,18-19H,11-13H2,1H3/t18-,19?/m1/s1. The fourth-order valence-corrected chi connectivity index (χ4v) is 3.51. The molecule has 0 radical (unpaired) electrons. The molecule has 1 unspecified atom stereocenters. The van der Waals surface area contributed by atoms with Crippen LogP contribution in [0.4, 0.5) is 0 Å². The molecule has 2 heterocycles. The van der Waals surface area contributed by atoms with Gasteiger partial charge in [0.05, 0.1) is 6.04 Å². The number of likely N-dealkylation sites (tertiary alicyclic amines) is 1. The average Bonchev–Trinajstić information content (AvgIpc) is 3.26. The molecule has 27 heavy (non-hydrogen) atoms. The number of carbonyl (C=O) groups is 2. The van der Waals surface area contributed by atoms with Gasteiger partial charge in [0.25, 0.3) is 0 Å². The van der Waals surface area contributed by atoms with Crippen LogP contribution in [0, 0.1) is 0 Å². The maximum atomic E-state index is 12.7. The Kier molecular flexibility index (Phi) is 4.58. The number of ether oxygens (including phenoxy) is 1.